The zero-order chi connectivity index (χ0) is 14.1. The minimum Gasteiger partial charge on any atom is -0.381 e. The summed E-state index contributed by atoms with van der Waals surface area (Å²) < 4.78 is 1.15. The van der Waals surface area contributed by atoms with Gasteiger partial charge in [0.05, 0.1) is 9.26 Å². The number of nitrogens with zero attached hydrogens (tertiary/aromatic N) is 2. The number of hydrogen-bond donors (Lipinski definition) is 1. The van der Waals surface area contributed by atoms with Crippen LogP contribution in [0.25, 0.3) is 20.7 Å². The molecule has 0 radical (unpaired) electrons. The third-order valence-corrected chi connectivity index (χ3v) is 4.80. The van der Waals surface area contributed by atoms with E-state index in [0.717, 1.165) is 14.0 Å². The van der Waals surface area contributed by atoms with Crippen molar-refractivity contribution in [3.05, 3.63) is 40.4 Å². The number of nitrogens with one attached hydrogen (secondary N) is 1. The highest BCUT2D eigenvalue weighted by Gasteiger charge is 2.12. The lowest BCUT2D eigenvalue weighted by Gasteiger charge is -2.12. The highest BCUT2D eigenvalue weighted by Crippen LogP contribution is 2.37. The molecule has 0 atom stereocenters. The Morgan fingerprint density at radius 3 is 2.85 bits per heavy atom. The van der Waals surface area contributed by atoms with Crippen molar-refractivity contribution in [2.75, 3.05) is 5.32 Å². The standard InChI is InChI=1S/C15H14IN3S/c1-9(2)19-14-11-6-13(10-4-3-5-17-7-10)20-15(11)18-8-12(14)16/h3-9H,1-2H3,(H,18,19). The molecule has 0 aliphatic carbocycles. The first-order chi connectivity index (χ1) is 9.65. The zero-order valence-corrected chi connectivity index (χ0v) is 14.2. The molecule has 0 bridgehead atoms. The molecule has 20 heavy (non-hydrogen) atoms. The van der Waals surface area contributed by atoms with E-state index in [0.29, 0.717) is 6.04 Å². The van der Waals surface area contributed by atoms with Gasteiger partial charge in [0.15, 0.2) is 0 Å². The fraction of sp³-hybridized carbons (Fsp3) is 0.200. The van der Waals surface area contributed by atoms with Crippen molar-refractivity contribution in [3.63, 3.8) is 0 Å². The van der Waals surface area contributed by atoms with Crippen LogP contribution in [-0.4, -0.2) is 16.0 Å². The predicted molar refractivity (Wildman–Crippen MR) is 94.3 cm³/mol. The largest absolute Gasteiger partial charge is 0.381 e. The molecule has 3 aromatic heterocycles. The van der Waals surface area contributed by atoms with Gasteiger partial charge in [-0.25, -0.2) is 4.98 Å². The van der Waals surface area contributed by atoms with Crippen molar-refractivity contribution in [1.29, 1.82) is 0 Å². The fourth-order valence-corrected chi connectivity index (χ4v) is 3.64. The van der Waals surface area contributed by atoms with E-state index in [1.807, 2.05) is 18.5 Å². The summed E-state index contributed by atoms with van der Waals surface area (Å²) in [7, 11) is 0. The van der Waals surface area contributed by atoms with Gasteiger partial charge in [-0.1, -0.05) is 6.07 Å². The summed E-state index contributed by atoms with van der Waals surface area (Å²) >= 11 is 4.04. The van der Waals surface area contributed by atoms with Crippen LogP contribution in [0.4, 0.5) is 5.69 Å². The average molecular weight is 395 g/mol. The molecule has 3 aromatic rings. The van der Waals surface area contributed by atoms with Gasteiger partial charge in [0.1, 0.15) is 4.83 Å². The molecule has 0 aromatic carbocycles. The van der Waals surface area contributed by atoms with Crippen LogP contribution in [0.1, 0.15) is 13.8 Å². The molecular formula is C15H14IN3S. The second-order valence-electron chi connectivity index (χ2n) is 4.85. The van der Waals surface area contributed by atoms with Gasteiger partial charge in [-0.3, -0.25) is 4.98 Å². The molecule has 0 saturated carbocycles. The van der Waals surface area contributed by atoms with Gasteiger partial charge in [-0.05, 0) is 48.6 Å². The maximum absolute atomic E-state index is 4.55. The van der Waals surface area contributed by atoms with Crippen molar-refractivity contribution in [2.24, 2.45) is 0 Å². The molecule has 3 nitrogen and oxygen atoms in total. The zero-order valence-electron chi connectivity index (χ0n) is 11.2. The Morgan fingerprint density at radius 2 is 2.15 bits per heavy atom. The molecule has 3 rings (SSSR count). The van der Waals surface area contributed by atoms with Crippen molar-refractivity contribution in [1.82, 2.24) is 9.97 Å². The Kier molecular flexibility index (Phi) is 3.89. The molecule has 0 aliphatic heterocycles. The van der Waals surface area contributed by atoms with Crippen LogP contribution in [0.2, 0.25) is 0 Å². The van der Waals surface area contributed by atoms with Gasteiger partial charge in [0.2, 0.25) is 0 Å². The van der Waals surface area contributed by atoms with E-state index in [2.05, 4.69) is 63.9 Å². The molecule has 0 saturated heterocycles. The average Bonchev–Trinajstić information content (AvgIpc) is 2.87. The van der Waals surface area contributed by atoms with Crippen LogP contribution in [0.3, 0.4) is 0 Å². The predicted octanol–water partition coefficient (Wildman–Crippen LogP) is 4.78. The van der Waals surface area contributed by atoms with E-state index in [1.165, 1.54) is 16.0 Å². The van der Waals surface area contributed by atoms with Gasteiger partial charge in [0.25, 0.3) is 0 Å². The number of halogens is 1. The summed E-state index contributed by atoms with van der Waals surface area (Å²) in [5, 5.41) is 4.71. The van der Waals surface area contributed by atoms with E-state index in [4.69, 9.17) is 0 Å². The summed E-state index contributed by atoms with van der Waals surface area (Å²) in [6.45, 7) is 4.30. The Labute approximate surface area is 135 Å². The Hall–Kier alpha value is -1.21. The minimum atomic E-state index is 0.399. The highest BCUT2D eigenvalue weighted by molar-refractivity contribution is 14.1. The SMILES string of the molecule is CC(C)Nc1c(I)cnc2sc(-c3cccnc3)cc12. The topological polar surface area (TPSA) is 37.8 Å². The van der Waals surface area contributed by atoms with Crippen molar-refractivity contribution >= 4 is 49.8 Å². The summed E-state index contributed by atoms with van der Waals surface area (Å²) in [4.78, 5) is 11.0. The van der Waals surface area contributed by atoms with Crippen LogP contribution in [0, 0.1) is 3.57 Å². The quantitative estimate of drug-likeness (QED) is 0.649. The molecular weight excluding hydrogens is 381 g/mol. The number of pyridine rings is 2. The first kappa shape index (κ1) is 13.8. The van der Waals surface area contributed by atoms with E-state index < -0.39 is 0 Å². The molecule has 0 fully saturated rings. The number of anilines is 1. The van der Waals surface area contributed by atoms with E-state index in [9.17, 15) is 0 Å². The number of fused-ring (bicyclic) bond motifs is 1. The molecule has 0 amide bonds. The van der Waals surface area contributed by atoms with Crippen molar-refractivity contribution in [3.8, 4) is 10.4 Å². The van der Waals surface area contributed by atoms with Crippen LogP contribution in [-0.2, 0) is 0 Å². The second kappa shape index (κ2) is 5.65. The van der Waals surface area contributed by atoms with E-state index in [1.54, 1.807) is 17.5 Å². The van der Waals surface area contributed by atoms with E-state index in [-0.39, 0.29) is 0 Å². The number of thiophene rings is 1. The molecule has 0 spiro atoms. The summed E-state index contributed by atoms with van der Waals surface area (Å²) in [6.07, 6.45) is 5.62. The maximum Gasteiger partial charge on any atom is 0.125 e. The maximum atomic E-state index is 4.55. The second-order valence-corrected chi connectivity index (χ2v) is 7.04. The smallest absolute Gasteiger partial charge is 0.125 e. The number of aromatic nitrogens is 2. The van der Waals surface area contributed by atoms with Crippen LogP contribution < -0.4 is 5.32 Å². The van der Waals surface area contributed by atoms with Gasteiger partial charge in [-0.15, -0.1) is 11.3 Å². The van der Waals surface area contributed by atoms with Crippen LogP contribution >= 0.6 is 33.9 Å². The summed E-state index contributed by atoms with van der Waals surface area (Å²) in [5.74, 6) is 0. The van der Waals surface area contributed by atoms with Gasteiger partial charge in [0, 0.05) is 40.5 Å². The molecule has 5 heteroatoms. The monoisotopic (exact) mass is 395 g/mol. The third-order valence-electron chi connectivity index (χ3n) is 2.89. The van der Waals surface area contributed by atoms with Crippen LogP contribution in [0.15, 0.2) is 36.8 Å². The van der Waals surface area contributed by atoms with Crippen LogP contribution in [0.5, 0.6) is 0 Å². The molecule has 0 aliphatic rings. The number of rotatable bonds is 3. The third kappa shape index (κ3) is 2.64. The van der Waals surface area contributed by atoms with Crippen molar-refractivity contribution < 1.29 is 0 Å². The fourth-order valence-electron chi connectivity index (χ4n) is 2.05. The lowest BCUT2D eigenvalue weighted by atomic mass is 10.2. The van der Waals surface area contributed by atoms with Gasteiger partial charge in [-0.2, -0.15) is 0 Å². The highest BCUT2D eigenvalue weighted by atomic mass is 127. The number of hydrogen-bond acceptors (Lipinski definition) is 4. The normalized spacial score (nSPS) is 11.2. The molecule has 0 unspecified atom stereocenters. The molecule has 3 heterocycles. The lowest BCUT2D eigenvalue weighted by molar-refractivity contribution is 0.900. The Morgan fingerprint density at radius 1 is 1.30 bits per heavy atom. The van der Waals surface area contributed by atoms with E-state index >= 15 is 0 Å². The Bertz CT molecular complexity index is 737. The van der Waals surface area contributed by atoms with Gasteiger partial charge < -0.3 is 5.32 Å². The van der Waals surface area contributed by atoms with Crippen molar-refractivity contribution in [2.45, 2.75) is 19.9 Å². The molecule has 102 valence electrons. The van der Waals surface area contributed by atoms with Gasteiger partial charge >= 0.3 is 0 Å². The Balaban J connectivity index is 2.16. The summed E-state index contributed by atoms with van der Waals surface area (Å²) in [5.41, 5.74) is 2.32. The minimum absolute atomic E-state index is 0.399. The summed E-state index contributed by atoms with van der Waals surface area (Å²) in [6, 6.07) is 6.65. The lowest BCUT2D eigenvalue weighted by Crippen LogP contribution is -2.11. The first-order valence-electron chi connectivity index (χ1n) is 6.40. The molecule has 1 N–H and O–H groups in total. The first-order valence-corrected chi connectivity index (χ1v) is 8.29.